The van der Waals surface area contributed by atoms with Crippen molar-refractivity contribution in [2.24, 2.45) is 0 Å². The van der Waals surface area contributed by atoms with Crippen LogP contribution < -0.4 is 9.47 Å². The van der Waals surface area contributed by atoms with Gasteiger partial charge in [0.1, 0.15) is 27.8 Å². The van der Waals surface area contributed by atoms with Crippen molar-refractivity contribution in [1.29, 1.82) is 0 Å². The van der Waals surface area contributed by atoms with E-state index < -0.39 is 5.97 Å². The third kappa shape index (κ3) is 4.83. The molecule has 7 heteroatoms. The maximum Gasteiger partial charge on any atom is 0.353 e. The van der Waals surface area contributed by atoms with Crippen LogP contribution in [0.15, 0.2) is 84.9 Å². The van der Waals surface area contributed by atoms with E-state index in [0.717, 1.165) is 27.0 Å². The van der Waals surface area contributed by atoms with Gasteiger partial charge in [0.25, 0.3) is 0 Å². The van der Waals surface area contributed by atoms with E-state index >= 15 is 0 Å². The van der Waals surface area contributed by atoms with Gasteiger partial charge in [0, 0.05) is 10.4 Å². The summed E-state index contributed by atoms with van der Waals surface area (Å²) in [6.07, 6.45) is 0. The molecular formula is C27H21ClN2O3S. The van der Waals surface area contributed by atoms with E-state index in [1.807, 2.05) is 72.3 Å². The second-order valence-electron chi connectivity index (χ2n) is 7.80. The number of aryl methyl sites for hydroxylation is 1. The minimum absolute atomic E-state index is 0.400. The van der Waals surface area contributed by atoms with Gasteiger partial charge in [0.05, 0.1) is 12.2 Å². The summed E-state index contributed by atoms with van der Waals surface area (Å²) in [5.41, 5.74) is 2.92. The summed E-state index contributed by atoms with van der Waals surface area (Å²) in [4.78, 5) is 14.3. The molecule has 0 bridgehead atoms. The second-order valence-corrected chi connectivity index (χ2v) is 9.24. The lowest BCUT2D eigenvalue weighted by Gasteiger charge is -2.07. The number of fused-ring (bicyclic) bond motifs is 1. The summed E-state index contributed by atoms with van der Waals surface area (Å²) in [5.74, 6) is 0.771. The Morgan fingerprint density at radius 1 is 0.971 bits per heavy atom. The van der Waals surface area contributed by atoms with Crippen molar-refractivity contribution >= 4 is 39.1 Å². The topological polar surface area (TPSA) is 53.4 Å². The van der Waals surface area contributed by atoms with Crippen molar-refractivity contribution in [2.45, 2.75) is 20.1 Å². The van der Waals surface area contributed by atoms with Gasteiger partial charge in [-0.3, -0.25) is 4.68 Å². The molecule has 5 nitrogen and oxygen atoms in total. The van der Waals surface area contributed by atoms with Crippen LogP contribution in [0.25, 0.3) is 10.2 Å². The molecule has 2 heterocycles. The van der Waals surface area contributed by atoms with Gasteiger partial charge in [-0.2, -0.15) is 5.10 Å². The van der Waals surface area contributed by atoms with Gasteiger partial charge >= 0.3 is 5.97 Å². The van der Waals surface area contributed by atoms with E-state index in [9.17, 15) is 4.79 Å². The van der Waals surface area contributed by atoms with Gasteiger partial charge < -0.3 is 9.47 Å². The first-order chi connectivity index (χ1) is 16.6. The number of esters is 1. The molecule has 2 aromatic heterocycles. The second kappa shape index (κ2) is 9.71. The summed E-state index contributed by atoms with van der Waals surface area (Å²) >= 11 is 7.68. The average molecular weight is 489 g/mol. The van der Waals surface area contributed by atoms with Crippen molar-refractivity contribution in [1.82, 2.24) is 9.78 Å². The number of ether oxygens (including phenoxy) is 2. The normalized spacial score (nSPS) is 11.0. The maximum absolute atomic E-state index is 12.8. The highest BCUT2D eigenvalue weighted by Gasteiger charge is 2.18. The van der Waals surface area contributed by atoms with Crippen LogP contribution in [0.4, 0.5) is 0 Å². The summed E-state index contributed by atoms with van der Waals surface area (Å²) in [7, 11) is 0. The molecule has 0 aliphatic rings. The standard InChI is InChI=1S/C27H21ClN2O3S/c1-18-23-15-25(34-26(23)30(29-18)16-20-9-5-6-10-24(20)28)27(31)33-22-13-11-21(12-14-22)32-17-19-7-3-2-4-8-19/h2-15H,16-17H2,1H3. The van der Waals surface area contributed by atoms with Crippen LogP contribution >= 0.6 is 22.9 Å². The fraction of sp³-hybridized carbons (Fsp3) is 0.111. The van der Waals surface area contributed by atoms with Crippen LogP contribution in [-0.2, 0) is 13.2 Å². The Morgan fingerprint density at radius 2 is 1.68 bits per heavy atom. The van der Waals surface area contributed by atoms with Gasteiger partial charge in [-0.05, 0) is 54.4 Å². The summed E-state index contributed by atoms with van der Waals surface area (Å²) in [6, 6.07) is 26.5. The van der Waals surface area contributed by atoms with Crippen molar-refractivity contribution in [2.75, 3.05) is 0 Å². The van der Waals surface area contributed by atoms with Crippen molar-refractivity contribution in [3.63, 3.8) is 0 Å². The highest BCUT2D eigenvalue weighted by molar-refractivity contribution is 7.20. The lowest BCUT2D eigenvalue weighted by atomic mass is 10.2. The molecule has 0 radical (unpaired) electrons. The molecular weight excluding hydrogens is 468 g/mol. The Hall–Kier alpha value is -3.61. The van der Waals surface area contributed by atoms with E-state index in [1.54, 1.807) is 24.3 Å². The van der Waals surface area contributed by atoms with Crippen LogP contribution in [0.2, 0.25) is 5.02 Å². The number of carbonyl (C=O) groups is 1. The number of hydrogen-bond acceptors (Lipinski definition) is 5. The lowest BCUT2D eigenvalue weighted by molar-refractivity contribution is 0.0739. The first-order valence-electron chi connectivity index (χ1n) is 10.8. The maximum atomic E-state index is 12.8. The smallest absolute Gasteiger partial charge is 0.353 e. The molecule has 5 rings (SSSR count). The summed E-state index contributed by atoms with van der Waals surface area (Å²) in [6.45, 7) is 2.94. The number of carbonyl (C=O) groups excluding carboxylic acids is 1. The minimum atomic E-state index is -0.400. The van der Waals surface area contributed by atoms with E-state index in [4.69, 9.17) is 21.1 Å². The van der Waals surface area contributed by atoms with Gasteiger partial charge in [-0.15, -0.1) is 11.3 Å². The Kier molecular flexibility index (Phi) is 6.34. The van der Waals surface area contributed by atoms with E-state index in [-0.39, 0.29) is 0 Å². The Balaban J connectivity index is 1.28. The van der Waals surface area contributed by atoms with Gasteiger partial charge in [0.15, 0.2) is 0 Å². The Labute approximate surface area is 206 Å². The van der Waals surface area contributed by atoms with Crippen molar-refractivity contribution < 1.29 is 14.3 Å². The molecule has 0 N–H and O–H groups in total. The molecule has 0 atom stereocenters. The van der Waals surface area contributed by atoms with Crippen LogP contribution in [0, 0.1) is 6.92 Å². The van der Waals surface area contributed by atoms with Crippen molar-refractivity contribution in [3.8, 4) is 11.5 Å². The number of hydrogen-bond donors (Lipinski definition) is 0. The van der Waals surface area contributed by atoms with Gasteiger partial charge in [0.2, 0.25) is 0 Å². The zero-order valence-corrected chi connectivity index (χ0v) is 20.0. The molecule has 0 saturated carbocycles. The SMILES string of the molecule is Cc1nn(Cc2ccccc2Cl)c2sc(C(=O)Oc3ccc(OCc4ccccc4)cc3)cc12. The Morgan fingerprint density at radius 3 is 2.44 bits per heavy atom. The molecule has 0 amide bonds. The quantitative estimate of drug-likeness (QED) is 0.184. The molecule has 170 valence electrons. The number of aromatic nitrogens is 2. The number of nitrogens with zero attached hydrogens (tertiary/aromatic N) is 2. The van der Waals surface area contributed by atoms with Crippen LogP contribution in [0.3, 0.4) is 0 Å². The molecule has 0 unspecified atom stereocenters. The fourth-order valence-corrected chi connectivity index (χ4v) is 4.84. The van der Waals surface area contributed by atoms with Crippen LogP contribution in [0.1, 0.15) is 26.5 Å². The largest absolute Gasteiger partial charge is 0.489 e. The highest BCUT2D eigenvalue weighted by atomic mass is 35.5. The van der Waals surface area contributed by atoms with E-state index in [2.05, 4.69) is 5.10 Å². The predicted molar refractivity (Wildman–Crippen MR) is 135 cm³/mol. The van der Waals surface area contributed by atoms with Gasteiger partial charge in [-0.1, -0.05) is 60.1 Å². The zero-order valence-electron chi connectivity index (χ0n) is 18.4. The lowest BCUT2D eigenvalue weighted by Crippen LogP contribution is -2.06. The van der Waals surface area contributed by atoms with Crippen molar-refractivity contribution in [3.05, 3.63) is 112 Å². The molecule has 0 aliphatic heterocycles. The van der Waals surface area contributed by atoms with Crippen LogP contribution in [-0.4, -0.2) is 15.7 Å². The third-order valence-electron chi connectivity index (χ3n) is 5.37. The zero-order chi connectivity index (χ0) is 23.5. The molecule has 0 saturated heterocycles. The molecule has 0 spiro atoms. The monoisotopic (exact) mass is 488 g/mol. The first kappa shape index (κ1) is 22.2. The molecule has 5 aromatic rings. The first-order valence-corrected chi connectivity index (χ1v) is 12.0. The van der Waals surface area contributed by atoms with Gasteiger partial charge in [-0.25, -0.2) is 4.79 Å². The van der Waals surface area contributed by atoms with Crippen LogP contribution in [0.5, 0.6) is 11.5 Å². The summed E-state index contributed by atoms with van der Waals surface area (Å²) in [5, 5.41) is 6.25. The number of halogens is 1. The van der Waals surface area contributed by atoms with E-state index in [0.29, 0.717) is 34.6 Å². The highest BCUT2D eigenvalue weighted by Crippen LogP contribution is 2.30. The molecule has 3 aromatic carbocycles. The van der Waals surface area contributed by atoms with E-state index in [1.165, 1.54) is 11.3 Å². The number of benzene rings is 3. The molecule has 34 heavy (non-hydrogen) atoms. The predicted octanol–water partition coefficient (Wildman–Crippen LogP) is 6.91. The third-order valence-corrected chi connectivity index (χ3v) is 6.87. The summed E-state index contributed by atoms with van der Waals surface area (Å²) < 4.78 is 13.3. The number of thiophene rings is 1. The number of rotatable bonds is 7. The fourth-order valence-electron chi connectivity index (χ4n) is 3.61. The Bertz CT molecular complexity index is 1440. The average Bonchev–Trinajstić information content (AvgIpc) is 3.42. The molecule has 0 aliphatic carbocycles. The minimum Gasteiger partial charge on any atom is -0.489 e. The molecule has 0 fully saturated rings.